The Bertz CT molecular complexity index is 3430. The van der Waals surface area contributed by atoms with Crippen LogP contribution in [0.3, 0.4) is 0 Å². The lowest BCUT2D eigenvalue weighted by Crippen LogP contribution is -2.24. The molecule has 9 aromatic heterocycles. The largest absolute Gasteiger partial charge is 0.822 e. The van der Waals surface area contributed by atoms with Crippen LogP contribution >= 0.6 is 7.82 Å². The van der Waals surface area contributed by atoms with Gasteiger partial charge in [0, 0.05) is 92.5 Å². The molecule has 0 bridgehead atoms. The third kappa shape index (κ3) is 19.5. The average molecular weight is 1130 g/mol. The summed E-state index contributed by atoms with van der Waals surface area (Å²) in [5.74, 6) is 4.17. The Kier molecular flexibility index (Phi) is 20.6. The average Bonchev–Trinajstić information content (AvgIpc) is 4.37. The molecule has 0 spiro atoms. The molecule has 20 heteroatoms. The number of benzene rings is 3. The zero-order valence-corrected chi connectivity index (χ0v) is 45.4. The molecule has 0 aliphatic carbocycles. The minimum atomic E-state index is -5.39. The molecule has 83 heavy (non-hydrogen) atoms. The van der Waals surface area contributed by atoms with Crippen molar-refractivity contribution in [2.24, 2.45) is 0 Å². The summed E-state index contributed by atoms with van der Waals surface area (Å²) in [5, 5.41) is 12.5. The van der Waals surface area contributed by atoms with Crippen molar-refractivity contribution in [3.63, 3.8) is 0 Å². The minimum Gasteiger partial charge on any atom is -0.822 e. The van der Waals surface area contributed by atoms with Gasteiger partial charge in [-0.2, -0.15) is 7.82 Å². The van der Waals surface area contributed by atoms with E-state index in [1.807, 2.05) is 146 Å². The van der Waals surface area contributed by atoms with Gasteiger partial charge in [-0.1, -0.05) is 106 Å². The molecule has 19 nitrogen and oxygen atoms in total. The summed E-state index contributed by atoms with van der Waals surface area (Å²) in [4.78, 5) is 47.2. The van der Waals surface area contributed by atoms with Crippen LogP contribution in [0.1, 0.15) is 50.5 Å². The smallest absolute Gasteiger partial charge is 0.213 e. The molecule has 0 fully saturated rings. The van der Waals surface area contributed by atoms with Gasteiger partial charge in [-0.15, -0.1) is 0 Å². The van der Waals surface area contributed by atoms with Gasteiger partial charge in [0.1, 0.15) is 19.8 Å². The van der Waals surface area contributed by atoms with Crippen molar-refractivity contribution < 1.29 is 62.0 Å². The number of nitrogens with zero attached hydrogens (tertiary/aromatic N) is 6. The first-order valence-electron chi connectivity index (χ1n) is 25.9. The fourth-order valence-corrected chi connectivity index (χ4v) is 7.89. The predicted octanol–water partition coefficient (Wildman–Crippen LogP) is 8.34. The maximum Gasteiger partial charge on any atom is 0.213 e. The van der Waals surface area contributed by atoms with Crippen molar-refractivity contribution in [1.82, 2.24) is 30.4 Å². The quantitative estimate of drug-likeness (QED) is 0.0730. The fourth-order valence-electron chi connectivity index (χ4n) is 7.89. The maximum atomic E-state index is 8.55. The molecule has 0 aliphatic heterocycles. The van der Waals surface area contributed by atoms with Gasteiger partial charge >= 0.3 is 0 Å². The Morgan fingerprint density at radius 1 is 0.373 bits per heavy atom. The van der Waals surface area contributed by atoms with E-state index in [1.165, 1.54) is 16.7 Å². The number of nitrogens with one attached hydrogen (secondary N) is 3. The van der Waals surface area contributed by atoms with Gasteiger partial charge in [0.15, 0.2) is 54.5 Å². The molecule has 416 valence electrons. The fraction of sp³-hybridized carbons (Fsp3) is 0.0952. The lowest BCUT2D eigenvalue weighted by Gasteiger charge is -2.36. The van der Waals surface area contributed by atoms with E-state index >= 15 is 0 Å². The highest BCUT2D eigenvalue weighted by molar-refractivity contribution is 7.40. The van der Waals surface area contributed by atoms with E-state index in [4.69, 9.17) is 47.0 Å². The Labute approximate surface area is 477 Å². The van der Waals surface area contributed by atoms with E-state index in [0.29, 0.717) is 37.5 Å². The van der Waals surface area contributed by atoms with Gasteiger partial charge in [0.25, 0.3) is 0 Å². The zero-order chi connectivity index (χ0) is 57.3. The molecule has 0 radical (unpaired) electrons. The van der Waals surface area contributed by atoms with Crippen molar-refractivity contribution in [3.05, 3.63) is 288 Å². The number of aromatic nitrogens is 9. The molecule has 0 saturated carbocycles. The molecule has 0 saturated heterocycles. The van der Waals surface area contributed by atoms with Gasteiger partial charge < -0.3 is 47.0 Å². The van der Waals surface area contributed by atoms with Gasteiger partial charge in [0.05, 0.1) is 33.8 Å². The van der Waals surface area contributed by atoms with Crippen LogP contribution in [-0.2, 0) is 43.6 Å². The third-order valence-corrected chi connectivity index (χ3v) is 11.9. The van der Waals surface area contributed by atoms with E-state index in [-0.39, 0.29) is 0 Å². The summed E-state index contributed by atoms with van der Waals surface area (Å²) in [7, 11) is -5.39. The maximum absolute atomic E-state index is 8.55. The van der Waals surface area contributed by atoms with Crippen LogP contribution in [0.5, 0.6) is 17.6 Å². The Morgan fingerprint density at radius 3 is 0.892 bits per heavy atom. The molecular formula is C63H54N9O10P. The molecule has 12 aromatic rings. The standard InChI is InChI=1S/3C21H17N3O2.H3O4P/c3*1-2-11-23-21(5-1)25-15-17-8-6-16(7-9-17)12-19-13-20(26-24-19)18-4-3-10-22-14-18;1-5(2,3)4/h3*1-11,13-14H,12,15H2;(H3,1,2,3,4). The number of hydrogen-bond acceptors (Lipinski definition) is 16. The SMILES string of the molecule is O=P([O-])([O-])[O-].c1ccc(OCc2ccc(Cc3cc(-c4ccc[nH+]c4)on3)cc2)nc1.c1ccc(OCc2ccc(Cc3cc(-c4ccc[nH+]c4)on3)cc2)nc1.c1ccc(OCc2ccc(Cc3cc(-c4ccc[nH+]c4)on3)cc2)nc1. The molecule has 0 atom stereocenters. The van der Waals surface area contributed by atoms with Crippen molar-refractivity contribution >= 4 is 7.82 Å². The molecular weight excluding hydrogens is 1070 g/mol. The predicted molar refractivity (Wildman–Crippen MR) is 297 cm³/mol. The highest BCUT2D eigenvalue weighted by atomic mass is 31.2. The Hall–Kier alpha value is -10.3. The summed E-state index contributed by atoms with van der Waals surface area (Å²) in [6, 6.07) is 59.4. The Balaban J connectivity index is 0.000000144. The number of aromatic amines is 3. The second kappa shape index (κ2) is 29.8. The molecule has 0 aliphatic rings. The summed E-state index contributed by atoms with van der Waals surface area (Å²) in [5.41, 5.74) is 12.5. The van der Waals surface area contributed by atoms with E-state index < -0.39 is 7.82 Å². The number of hydrogen-bond donors (Lipinski definition) is 0. The van der Waals surface area contributed by atoms with E-state index in [0.717, 1.165) is 87.0 Å². The van der Waals surface area contributed by atoms with Crippen LogP contribution in [-0.4, -0.2) is 30.4 Å². The van der Waals surface area contributed by atoms with Crippen LogP contribution in [0.25, 0.3) is 34.0 Å². The van der Waals surface area contributed by atoms with Gasteiger partial charge in [-0.3, -0.25) is 0 Å². The van der Waals surface area contributed by atoms with E-state index in [2.05, 4.69) is 118 Å². The van der Waals surface area contributed by atoms with Crippen LogP contribution < -0.4 is 43.8 Å². The summed E-state index contributed by atoms with van der Waals surface area (Å²) in [6.45, 7) is 1.49. The number of ether oxygens (including phenoxy) is 3. The topological polar surface area (TPSA) is 273 Å². The summed E-state index contributed by atoms with van der Waals surface area (Å²) < 4.78 is 41.8. The van der Waals surface area contributed by atoms with Crippen LogP contribution in [0, 0.1) is 0 Å². The van der Waals surface area contributed by atoms with E-state index in [9.17, 15) is 0 Å². The third-order valence-electron chi connectivity index (χ3n) is 11.9. The first-order chi connectivity index (χ1) is 40.6. The normalized spacial score (nSPS) is 10.7. The van der Waals surface area contributed by atoms with Crippen molar-refractivity contribution in [3.8, 4) is 51.6 Å². The minimum absolute atomic E-state index is 0.496. The number of phosphoric acid groups is 1. The number of rotatable bonds is 18. The van der Waals surface area contributed by atoms with Crippen LogP contribution in [0.4, 0.5) is 0 Å². The zero-order valence-electron chi connectivity index (χ0n) is 44.5. The van der Waals surface area contributed by atoms with Gasteiger partial charge in [-0.05, 0) is 69.8 Å². The Morgan fingerprint density at radius 2 is 0.651 bits per heavy atom. The van der Waals surface area contributed by atoms with Crippen LogP contribution in [0.2, 0.25) is 0 Å². The van der Waals surface area contributed by atoms with Crippen molar-refractivity contribution in [2.45, 2.75) is 39.1 Å². The first kappa shape index (κ1) is 57.4. The highest BCUT2D eigenvalue weighted by Gasteiger charge is 2.12. The molecule has 3 aromatic carbocycles. The highest BCUT2D eigenvalue weighted by Crippen LogP contribution is 2.24. The van der Waals surface area contributed by atoms with Gasteiger partial charge in [0.2, 0.25) is 17.6 Å². The number of pyridine rings is 6. The van der Waals surface area contributed by atoms with Crippen molar-refractivity contribution in [2.75, 3.05) is 0 Å². The lowest BCUT2D eigenvalue weighted by atomic mass is 10.1. The van der Waals surface area contributed by atoms with Crippen LogP contribution in [0.15, 0.2) is 251 Å². The van der Waals surface area contributed by atoms with Crippen molar-refractivity contribution in [1.29, 1.82) is 0 Å². The van der Waals surface area contributed by atoms with E-state index in [1.54, 1.807) is 18.6 Å². The molecule has 9 heterocycles. The molecule has 0 unspecified atom stereocenters. The second-order valence-electron chi connectivity index (χ2n) is 18.2. The second-order valence-corrected chi connectivity index (χ2v) is 19.1. The molecule has 3 N–H and O–H groups in total. The molecule has 12 rings (SSSR count). The monoisotopic (exact) mass is 1130 g/mol. The molecule has 0 amide bonds. The van der Waals surface area contributed by atoms with Gasteiger partial charge in [-0.25, -0.2) is 29.9 Å². The summed E-state index contributed by atoms with van der Waals surface area (Å²) in [6.07, 6.45) is 18.6. The first-order valence-corrected chi connectivity index (χ1v) is 27.4. The number of H-pyrrole nitrogens is 3. The lowest BCUT2D eigenvalue weighted by molar-refractivity contribution is -0.432. The summed E-state index contributed by atoms with van der Waals surface area (Å²) >= 11 is 0.